The lowest BCUT2D eigenvalue weighted by Crippen LogP contribution is -1.99. The number of benzene rings is 13. The molecule has 0 nitrogen and oxygen atoms in total. The highest BCUT2D eigenvalue weighted by atomic mass is 14.3. The van der Waals surface area contributed by atoms with Crippen molar-refractivity contribution in [1.82, 2.24) is 0 Å². The van der Waals surface area contributed by atoms with Crippen LogP contribution < -0.4 is 0 Å². The van der Waals surface area contributed by atoms with Crippen molar-refractivity contribution in [2.75, 3.05) is 0 Å². The maximum atomic E-state index is 2.44. The summed E-state index contributed by atoms with van der Waals surface area (Å²) >= 11 is 0. The van der Waals surface area contributed by atoms with Crippen LogP contribution in [-0.2, 0) is 0 Å². The van der Waals surface area contributed by atoms with Crippen molar-refractivity contribution in [3.63, 3.8) is 0 Å². The van der Waals surface area contributed by atoms with Gasteiger partial charge in [0.1, 0.15) is 0 Å². The van der Waals surface area contributed by atoms with Crippen molar-refractivity contribution in [2.45, 2.75) is 0 Å². The molecule has 0 bridgehead atoms. The van der Waals surface area contributed by atoms with Gasteiger partial charge >= 0.3 is 0 Å². The zero-order valence-electron chi connectivity index (χ0n) is 36.1. The maximum Gasteiger partial charge on any atom is -0.00204 e. The van der Waals surface area contributed by atoms with Gasteiger partial charge in [-0.1, -0.05) is 212 Å². The van der Waals surface area contributed by atoms with E-state index in [1.54, 1.807) is 0 Å². The monoisotopic (exact) mass is 832 g/mol. The average Bonchev–Trinajstić information content (AvgIpc) is 3.40. The zero-order valence-corrected chi connectivity index (χ0v) is 36.1. The van der Waals surface area contributed by atoms with Crippen LogP contribution >= 0.6 is 0 Å². The van der Waals surface area contributed by atoms with Crippen LogP contribution in [0.15, 0.2) is 243 Å². The number of hydrogen-bond acceptors (Lipinski definition) is 0. The lowest BCUT2D eigenvalue weighted by Gasteiger charge is -2.25. The highest BCUT2D eigenvalue weighted by Gasteiger charge is 2.25. The minimum Gasteiger partial charge on any atom is -0.0616 e. The topological polar surface area (TPSA) is 0 Å². The third kappa shape index (κ3) is 5.52. The molecule has 0 heterocycles. The highest BCUT2D eigenvalue weighted by Crippen LogP contribution is 2.51. The zero-order chi connectivity index (χ0) is 43.3. The van der Waals surface area contributed by atoms with E-state index in [4.69, 9.17) is 0 Å². The molecule has 0 aromatic heterocycles. The normalized spacial score (nSPS) is 11.9. The van der Waals surface area contributed by atoms with Crippen molar-refractivity contribution in [1.29, 1.82) is 0 Å². The first-order valence-corrected chi connectivity index (χ1v) is 23.0. The predicted molar refractivity (Wildman–Crippen MR) is 283 cm³/mol. The molecule has 0 amide bonds. The molecule has 304 valence electrons. The molecule has 0 fully saturated rings. The van der Waals surface area contributed by atoms with Crippen molar-refractivity contribution < 1.29 is 0 Å². The third-order valence-corrected chi connectivity index (χ3v) is 14.4. The molecule has 0 N–H and O–H groups in total. The van der Waals surface area contributed by atoms with Gasteiger partial charge in [0.25, 0.3) is 0 Å². The van der Waals surface area contributed by atoms with Gasteiger partial charge in [-0.3, -0.25) is 0 Å². The fourth-order valence-corrected chi connectivity index (χ4v) is 11.4. The molecule has 0 heteroatoms. The van der Waals surface area contributed by atoms with Crippen LogP contribution in [0, 0.1) is 0 Å². The average molecular weight is 833 g/mol. The van der Waals surface area contributed by atoms with Gasteiger partial charge in [0, 0.05) is 0 Å². The van der Waals surface area contributed by atoms with E-state index in [2.05, 4.69) is 243 Å². The standard InChI is InChI=1S/C66H40/c1-4-19-50-47(16-1)51-20-7-10-25-57(51)63-31-15-30-46(66(63)62-29-14-13-26-56(50)62)45-37-43(41-32-34-60-54-23-5-2-17-48(54)52-21-8-11-27-58(52)64(60)39-41)36-44(38-45)42-33-35-61-55-24-6-3-18-49(55)53-22-9-12-28-59(53)65(61)40-42/h1-40H. The SMILES string of the molecule is c1ccc2c(c1)-c1ccccc1-c1cccc(-c3cc(-c4ccc5c6ccccc6c6ccccc6c5c4)cc(-c4ccc5c6ccccc6c6ccccc6c5c4)c3)c1-c1ccccc1-2. The van der Waals surface area contributed by atoms with Gasteiger partial charge in [-0.15, -0.1) is 0 Å². The van der Waals surface area contributed by atoms with E-state index in [-0.39, 0.29) is 0 Å². The summed E-state index contributed by atoms with van der Waals surface area (Å²) < 4.78 is 0. The number of rotatable bonds is 3. The van der Waals surface area contributed by atoms with Crippen molar-refractivity contribution >= 4 is 64.6 Å². The number of fused-ring (bicyclic) bond motifs is 20. The van der Waals surface area contributed by atoms with E-state index >= 15 is 0 Å². The lowest BCUT2D eigenvalue weighted by atomic mass is 9.78. The van der Waals surface area contributed by atoms with Crippen molar-refractivity contribution in [3.8, 4) is 77.9 Å². The molecule has 13 aromatic rings. The molecular weight excluding hydrogens is 793 g/mol. The van der Waals surface area contributed by atoms with E-state index in [1.807, 2.05) is 0 Å². The van der Waals surface area contributed by atoms with Crippen LogP contribution in [0.25, 0.3) is 143 Å². The van der Waals surface area contributed by atoms with E-state index < -0.39 is 0 Å². The smallest absolute Gasteiger partial charge is 0.00204 e. The van der Waals surface area contributed by atoms with Crippen LogP contribution in [0.1, 0.15) is 0 Å². The maximum absolute atomic E-state index is 2.44. The number of hydrogen-bond donors (Lipinski definition) is 0. The van der Waals surface area contributed by atoms with E-state index in [9.17, 15) is 0 Å². The molecule has 0 atom stereocenters. The first kappa shape index (κ1) is 36.9. The Hall–Kier alpha value is -8.58. The predicted octanol–water partition coefficient (Wildman–Crippen LogP) is 18.6. The van der Waals surface area contributed by atoms with Crippen molar-refractivity contribution in [3.05, 3.63) is 243 Å². The minimum absolute atomic E-state index is 1.19. The van der Waals surface area contributed by atoms with Gasteiger partial charge in [-0.05, 0) is 173 Å². The van der Waals surface area contributed by atoms with E-state index in [0.717, 1.165) is 0 Å². The molecule has 66 heavy (non-hydrogen) atoms. The molecule has 0 aliphatic heterocycles. The summed E-state index contributed by atoms with van der Waals surface area (Å²) in [6.45, 7) is 0. The molecular formula is C66H40. The van der Waals surface area contributed by atoms with Crippen LogP contribution in [0.5, 0.6) is 0 Å². The molecule has 0 radical (unpaired) electrons. The highest BCUT2D eigenvalue weighted by molar-refractivity contribution is 6.27. The summed E-state index contributed by atoms with van der Waals surface area (Å²) in [5.74, 6) is 0. The van der Waals surface area contributed by atoms with Crippen LogP contribution in [-0.4, -0.2) is 0 Å². The second-order valence-corrected chi connectivity index (χ2v) is 17.9. The molecule has 0 spiro atoms. The summed E-state index contributed by atoms with van der Waals surface area (Å²) in [7, 11) is 0. The van der Waals surface area contributed by atoms with Gasteiger partial charge < -0.3 is 0 Å². The molecule has 0 saturated heterocycles. The Balaban J connectivity index is 1.07. The van der Waals surface area contributed by atoms with Gasteiger partial charge in [-0.2, -0.15) is 0 Å². The van der Waals surface area contributed by atoms with Gasteiger partial charge in [0.15, 0.2) is 0 Å². The molecule has 1 aliphatic carbocycles. The minimum atomic E-state index is 1.19. The Bertz CT molecular complexity index is 3910. The summed E-state index contributed by atoms with van der Waals surface area (Å²) in [4.78, 5) is 0. The Morgan fingerprint density at radius 1 is 0.136 bits per heavy atom. The summed E-state index contributed by atoms with van der Waals surface area (Å²) in [6.07, 6.45) is 0. The second kappa shape index (κ2) is 14.5. The summed E-state index contributed by atoms with van der Waals surface area (Å²) in [5, 5.41) is 15.4. The largest absolute Gasteiger partial charge is 0.0616 e. The quantitative estimate of drug-likeness (QED) is 0.156. The Kier molecular flexibility index (Phi) is 8.08. The lowest BCUT2D eigenvalue weighted by molar-refractivity contribution is 1.51. The summed E-state index contributed by atoms with van der Waals surface area (Å²) in [5.41, 5.74) is 17.2. The second-order valence-electron chi connectivity index (χ2n) is 17.9. The molecule has 0 saturated carbocycles. The Morgan fingerprint density at radius 3 is 0.818 bits per heavy atom. The molecule has 14 rings (SSSR count). The van der Waals surface area contributed by atoms with Gasteiger partial charge in [0.05, 0.1) is 0 Å². The third-order valence-electron chi connectivity index (χ3n) is 14.4. The van der Waals surface area contributed by atoms with E-state index in [0.29, 0.717) is 0 Å². The molecule has 13 aromatic carbocycles. The van der Waals surface area contributed by atoms with Gasteiger partial charge in [0.2, 0.25) is 0 Å². The van der Waals surface area contributed by atoms with E-state index in [1.165, 1.54) is 143 Å². The fourth-order valence-electron chi connectivity index (χ4n) is 11.4. The van der Waals surface area contributed by atoms with Crippen LogP contribution in [0.4, 0.5) is 0 Å². The first-order chi connectivity index (χ1) is 32.7. The first-order valence-electron chi connectivity index (χ1n) is 23.0. The summed E-state index contributed by atoms with van der Waals surface area (Å²) in [6, 6.07) is 90.8. The fraction of sp³-hybridized carbons (Fsp3) is 0. The Labute approximate surface area is 383 Å². The van der Waals surface area contributed by atoms with Crippen molar-refractivity contribution in [2.24, 2.45) is 0 Å². The Morgan fingerprint density at radius 2 is 0.409 bits per heavy atom. The van der Waals surface area contributed by atoms with Crippen LogP contribution in [0.3, 0.4) is 0 Å². The van der Waals surface area contributed by atoms with Crippen LogP contribution in [0.2, 0.25) is 0 Å². The molecule has 0 unspecified atom stereocenters. The van der Waals surface area contributed by atoms with Gasteiger partial charge in [-0.25, -0.2) is 0 Å². The molecule has 1 aliphatic rings.